The van der Waals surface area contributed by atoms with Gasteiger partial charge in [-0.1, -0.05) is 24.3 Å². The molecule has 0 saturated carbocycles. The zero-order valence-corrected chi connectivity index (χ0v) is 14.4. The van der Waals surface area contributed by atoms with Crippen LogP contribution in [0, 0.1) is 3.57 Å². The molecule has 1 N–H and O–H groups in total. The molecular formula is C18H18INO2. The Labute approximate surface area is 144 Å². The van der Waals surface area contributed by atoms with Gasteiger partial charge in [0.05, 0.1) is 6.04 Å². The average Bonchev–Trinajstić information content (AvgIpc) is 2.55. The van der Waals surface area contributed by atoms with Crippen LogP contribution in [0.25, 0.3) is 0 Å². The summed E-state index contributed by atoms with van der Waals surface area (Å²) >= 11 is 2.24. The summed E-state index contributed by atoms with van der Waals surface area (Å²) in [6.45, 7) is 0.0548. The van der Waals surface area contributed by atoms with Crippen molar-refractivity contribution < 1.29 is 9.53 Å². The molecule has 2 aromatic carbocycles. The Bertz CT molecular complexity index is 654. The summed E-state index contributed by atoms with van der Waals surface area (Å²) in [6.07, 6.45) is 3.20. The van der Waals surface area contributed by atoms with Crippen LogP contribution in [0.1, 0.15) is 30.0 Å². The first kappa shape index (κ1) is 15.3. The van der Waals surface area contributed by atoms with Crippen LogP contribution in [-0.2, 0) is 11.2 Å². The van der Waals surface area contributed by atoms with E-state index in [0.29, 0.717) is 0 Å². The summed E-state index contributed by atoms with van der Waals surface area (Å²) < 4.78 is 6.68. The van der Waals surface area contributed by atoms with Gasteiger partial charge in [0.1, 0.15) is 5.75 Å². The van der Waals surface area contributed by atoms with Gasteiger partial charge in [-0.05, 0) is 77.2 Å². The fourth-order valence-corrected chi connectivity index (χ4v) is 3.18. The van der Waals surface area contributed by atoms with E-state index in [1.807, 2.05) is 30.3 Å². The van der Waals surface area contributed by atoms with Crippen molar-refractivity contribution >= 4 is 28.5 Å². The SMILES string of the molecule is O=C(COc1ccc(I)cc1)N[C@H]1CCCc2ccccc21. The van der Waals surface area contributed by atoms with Crippen molar-refractivity contribution in [2.45, 2.75) is 25.3 Å². The van der Waals surface area contributed by atoms with Crippen molar-refractivity contribution in [2.24, 2.45) is 0 Å². The standard InChI is InChI=1S/C18H18INO2/c19-14-8-10-15(11-9-14)22-12-18(21)20-17-7-3-5-13-4-1-2-6-16(13)17/h1-2,4,6,8-11,17H,3,5,7,12H2,(H,20,21)/t17-/m0/s1. The highest BCUT2D eigenvalue weighted by atomic mass is 127. The van der Waals surface area contributed by atoms with Crippen LogP contribution in [0.3, 0.4) is 0 Å². The Kier molecular flexibility index (Phi) is 4.97. The third-order valence-electron chi connectivity index (χ3n) is 3.89. The second-order valence-corrected chi connectivity index (χ2v) is 6.70. The first-order chi connectivity index (χ1) is 10.7. The highest BCUT2D eigenvalue weighted by Gasteiger charge is 2.21. The maximum Gasteiger partial charge on any atom is 0.258 e. The number of nitrogens with one attached hydrogen (secondary N) is 1. The lowest BCUT2D eigenvalue weighted by molar-refractivity contribution is -0.123. The summed E-state index contributed by atoms with van der Waals surface area (Å²) in [7, 11) is 0. The van der Waals surface area contributed by atoms with Gasteiger partial charge in [0.15, 0.2) is 6.61 Å². The van der Waals surface area contributed by atoms with E-state index in [4.69, 9.17) is 4.74 Å². The summed E-state index contributed by atoms with van der Waals surface area (Å²) in [6, 6.07) is 16.1. The van der Waals surface area contributed by atoms with E-state index in [0.717, 1.165) is 28.6 Å². The Morgan fingerprint density at radius 2 is 1.95 bits per heavy atom. The van der Waals surface area contributed by atoms with Gasteiger partial charge in [0.2, 0.25) is 0 Å². The van der Waals surface area contributed by atoms with Crippen LogP contribution in [-0.4, -0.2) is 12.5 Å². The molecule has 3 nitrogen and oxygen atoms in total. The number of rotatable bonds is 4. The van der Waals surface area contributed by atoms with E-state index in [-0.39, 0.29) is 18.6 Å². The second kappa shape index (κ2) is 7.13. The van der Waals surface area contributed by atoms with Gasteiger partial charge in [-0.15, -0.1) is 0 Å². The molecule has 1 aliphatic rings. The topological polar surface area (TPSA) is 38.3 Å². The predicted molar refractivity (Wildman–Crippen MR) is 94.9 cm³/mol. The van der Waals surface area contributed by atoms with Gasteiger partial charge in [-0.3, -0.25) is 4.79 Å². The third kappa shape index (κ3) is 3.80. The molecule has 0 heterocycles. The third-order valence-corrected chi connectivity index (χ3v) is 4.61. The lowest BCUT2D eigenvalue weighted by Gasteiger charge is -2.26. The molecule has 0 bridgehead atoms. The molecule has 0 unspecified atom stereocenters. The zero-order chi connectivity index (χ0) is 15.4. The number of carbonyl (C=O) groups excluding carboxylic acids is 1. The first-order valence-corrected chi connectivity index (χ1v) is 8.56. The summed E-state index contributed by atoms with van der Waals surface area (Å²) in [5.41, 5.74) is 2.59. The number of halogens is 1. The van der Waals surface area contributed by atoms with Crippen molar-refractivity contribution in [2.75, 3.05) is 6.61 Å². The molecule has 22 heavy (non-hydrogen) atoms. The highest BCUT2D eigenvalue weighted by molar-refractivity contribution is 14.1. The average molecular weight is 407 g/mol. The van der Waals surface area contributed by atoms with Crippen LogP contribution in [0.15, 0.2) is 48.5 Å². The molecule has 114 valence electrons. The minimum absolute atomic E-state index is 0.0548. The van der Waals surface area contributed by atoms with Crippen LogP contribution >= 0.6 is 22.6 Å². The van der Waals surface area contributed by atoms with Gasteiger partial charge >= 0.3 is 0 Å². The van der Waals surface area contributed by atoms with E-state index < -0.39 is 0 Å². The number of fused-ring (bicyclic) bond motifs is 1. The second-order valence-electron chi connectivity index (χ2n) is 5.45. The molecule has 1 amide bonds. The molecule has 4 heteroatoms. The molecule has 0 saturated heterocycles. The molecule has 1 atom stereocenters. The number of benzene rings is 2. The van der Waals surface area contributed by atoms with Crippen molar-refractivity contribution in [3.63, 3.8) is 0 Å². The normalized spacial score (nSPS) is 16.7. The molecule has 0 aromatic heterocycles. The molecule has 0 spiro atoms. The molecule has 1 aliphatic carbocycles. The fraction of sp³-hybridized carbons (Fsp3) is 0.278. The van der Waals surface area contributed by atoms with Crippen LogP contribution in [0.5, 0.6) is 5.75 Å². The van der Waals surface area contributed by atoms with E-state index in [1.165, 1.54) is 11.1 Å². The number of aryl methyl sites for hydroxylation is 1. The number of amides is 1. The van der Waals surface area contributed by atoms with Gasteiger partial charge in [-0.25, -0.2) is 0 Å². The number of hydrogen-bond donors (Lipinski definition) is 1. The van der Waals surface area contributed by atoms with Crippen LogP contribution < -0.4 is 10.1 Å². The Hall–Kier alpha value is -1.56. The molecule has 0 radical (unpaired) electrons. The van der Waals surface area contributed by atoms with Gasteiger partial charge in [-0.2, -0.15) is 0 Å². The Morgan fingerprint density at radius 1 is 1.18 bits per heavy atom. The lowest BCUT2D eigenvalue weighted by Crippen LogP contribution is -2.34. The van der Waals surface area contributed by atoms with Crippen LogP contribution in [0.2, 0.25) is 0 Å². The van der Waals surface area contributed by atoms with Crippen molar-refractivity contribution in [1.29, 1.82) is 0 Å². The summed E-state index contributed by atoms with van der Waals surface area (Å²) in [5, 5.41) is 3.09. The maximum atomic E-state index is 12.1. The number of carbonyl (C=O) groups is 1. The summed E-state index contributed by atoms with van der Waals surface area (Å²) in [5.74, 6) is 0.653. The monoisotopic (exact) mass is 407 g/mol. The van der Waals surface area contributed by atoms with Gasteiger partial charge in [0.25, 0.3) is 5.91 Å². The van der Waals surface area contributed by atoms with Crippen LogP contribution in [0.4, 0.5) is 0 Å². The molecule has 3 rings (SSSR count). The highest BCUT2D eigenvalue weighted by Crippen LogP contribution is 2.29. The lowest BCUT2D eigenvalue weighted by atomic mass is 9.88. The Morgan fingerprint density at radius 3 is 2.77 bits per heavy atom. The van der Waals surface area contributed by atoms with Crippen molar-refractivity contribution in [1.82, 2.24) is 5.32 Å². The smallest absolute Gasteiger partial charge is 0.258 e. The maximum absolute atomic E-state index is 12.1. The minimum Gasteiger partial charge on any atom is -0.484 e. The van der Waals surface area contributed by atoms with E-state index >= 15 is 0 Å². The van der Waals surface area contributed by atoms with E-state index in [9.17, 15) is 4.79 Å². The quantitative estimate of drug-likeness (QED) is 0.782. The minimum atomic E-state index is -0.0692. The number of ether oxygens (including phenoxy) is 1. The van der Waals surface area contributed by atoms with E-state index in [2.05, 4.69) is 46.1 Å². The zero-order valence-electron chi connectivity index (χ0n) is 12.2. The molecule has 0 aliphatic heterocycles. The molecular weight excluding hydrogens is 389 g/mol. The molecule has 2 aromatic rings. The Balaban J connectivity index is 1.57. The van der Waals surface area contributed by atoms with Gasteiger partial charge < -0.3 is 10.1 Å². The molecule has 0 fully saturated rings. The first-order valence-electron chi connectivity index (χ1n) is 7.48. The van der Waals surface area contributed by atoms with Gasteiger partial charge in [0, 0.05) is 3.57 Å². The van der Waals surface area contributed by atoms with Crippen molar-refractivity contribution in [3.8, 4) is 5.75 Å². The predicted octanol–water partition coefficient (Wildman–Crippen LogP) is 3.86. The van der Waals surface area contributed by atoms with Crippen molar-refractivity contribution in [3.05, 3.63) is 63.2 Å². The number of hydrogen-bond acceptors (Lipinski definition) is 2. The van der Waals surface area contributed by atoms with E-state index in [1.54, 1.807) is 0 Å². The largest absolute Gasteiger partial charge is 0.484 e. The fourth-order valence-electron chi connectivity index (χ4n) is 2.82. The summed E-state index contributed by atoms with van der Waals surface area (Å²) in [4.78, 5) is 12.1.